The number of hydrogen-bond donors (Lipinski definition) is 4. The van der Waals surface area contributed by atoms with Crippen molar-refractivity contribution in [2.24, 2.45) is 0 Å². The van der Waals surface area contributed by atoms with Crippen LogP contribution in [-0.2, 0) is 39.3 Å². The number of rotatable bonds is 3. The van der Waals surface area contributed by atoms with Gasteiger partial charge < -0.3 is 46.7 Å². The van der Waals surface area contributed by atoms with Crippen LogP contribution in [-0.4, -0.2) is 68.7 Å². The maximum atomic E-state index is 12.0. The number of aromatic amines is 2. The topological polar surface area (TPSA) is 287 Å². The molecular weight excluding hydrogens is 628 g/mol. The SMILES string of the molecule is CS(=O)(=O)Cl.CS(=O)(=O)O.O=CO[O-].[C-]#[N+]c1nc(N)[nH]c1[N+]#[C-].[C-]#[N+]c1nc([N-]S(=O)(=O)F)[nH]c1[N+]#[C-].[H-].[Li+].[Li+].[Li+]. The van der Waals surface area contributed by atoms with Crippen LogP contribution >= 0.6 is 10.7 Å². The molecular formula is C13H13ClFLi3N10O10S3. The molecule has 0 unspecified atom stereocenters. The molecule has 0 amide bonds. The van der Waals surface area contributed by atoms with Crippen molar-refractivity contribution >= 4 is 81.9 Å². The van der Waals surface area contributed by atoms with Crippen molar-refractivity contribution < 1.29 is 107 Å². The predicted molar refractivity (Wildman–Crippen MR) is 126 cm³/mol. The Morgan fingerprint density at radius 3 is 1.51 bits per heavy atom. The van der Waals surface area contributed by atoms with Crippen LogP contribution in [0.4, 0.5) is 39.1 Å². The second-order valence-corrected chi connectivity index (χ2v) is 10.6. The maximum absolute atomic E-state index is 12.0. The molecule has 2 rings (SSSR count). The largest absolute Gasteiger partial charge is 1.00 e. The second-order valence-electron chi connectivity index (χ2n) is 5.08. The molecule has 5 N–H and O–H groups in total. The van der Waals surface area contributed by atoms with Crippen molar-refractivity contribution in [3.63, 3.8) is 0 Å². The van der Waals surface area contributed by atoms with Crippen LogP contribution < -0.4 is 67.6 Å². The molecule has 0 bridgehead atoms. The Hall–Kier alpha value is -2.77. The summed E-state index contributed by atoms with van der Waals surface area (Å²) in [6.07, 6.45) is 1.64. The molecule has 28 heteroatoms. The van der Waals surface area contributed by atoms with Crippen molar-refractivity contribution in [2.75, 3.05) is 18.2 Å². The normalized spacial score (nSPS) is 8.83. The predicted octanol–water partition coefficient (Wildman–Crippen LogP) is -7.93. The smallest absolute Gasteiger partial charge is 1.00 e. The molecule has 0 aliphatic heterocycles. The van der Waals surface area contributed by atoms with Gasteiger partial charge in [0.15, 0.2) is 5.95 Å². The molecule has 0 saturated carbocycles. The minimum absolute atomic E-state index is 0. The fraction of sp³-hybridized carbons (Fsp3) is 0.154. The van der Waals surface area contributed by atoms with Gasteiger partial charge in [-0.25, -0.2) is 13.1 Å². The number of halogens is 2. The van der Waals surface area contributed by atoms with Gasteiger partial charge in [-0.05, 0) is 0 Å². The summed E-state index contributed by atoms with van der Waals surface area (Å²) < 4.78 is 79.3. The fourth-order valence-corrected chi connectivity index (χ4v) is 1.47. The average molecular weight is 641 g/mol. The van der Waals surface area contributed by atoms with Crippen LogP contribution in [0, 0.1) is 26.3 Å². The minimum Gasteiger partial charge on any atom is -1.00 e. The Morgan fingerprint density at radius 2 is 1.29 bits per heavy atom. The standard InChI is InChI=1S/C5HFN5O2S.C5H3N5.CH3ClO2S.CH4O3S.CH2O3.3Li.H/c1-7-3-4(8-2)10-5(9-3)11-14(6,12)13;1-7-3-4(8-2)10-5(6)9-3;2*1-5(2,3)4;2-1-4-3;;;;/h(H-,9,10,11);(H3,6,9,10);1H3;1H3,(H,2,3,4);1,3H;;;;/q-1;;;;;3*+1;-1/p-1. The maximum Gasteiger partial charge on any atom is 1.00 e. The summed E-state index contributed by atoms with van der Waals surface area (Å²) >= 11 is 0. The molecule has 0 saturated heterocycles. The van der Waals surface area contributed by atoms with E-state index in [1.54, 1.807) is 0 Å². The van der Waals surface area contributed by atoms with Crippen molar-refractivity contribution in [3.05, 3.63) is 50.4 Å². The molecule has 2 aromatic rings. The summed E-state index contributed by atoms with van der Waals surface area (Å²) in [5.41, 5.74) is 5.18. The molecule has 0 aliphatic carbocycles. The van der Waals surface area contributed by atoms with Gasteiger partial charge in [0.2, 0.25) is 14.9 Å². The molecule has 0 radical (unpaired) electrons. The molecule has 41 heavy (non-hydrogen) atoms. The number of nitrogens with one attached hydrogen (secondary N) is 2. The minimum atomic E-state index is -5.07. The summed E-state index contributed by atoms with van der Waals surface area (Å²) in [7, 11) is -7.43. The first-order chi connectivity index (χ1) is 17.1. The molecule has 20 nitrogen and oxygen atoms in total. The zero-order chi connectivity index (χ0) is 30.7. The number of nitrogens with zero attached hydrogens (tertiary/aromatic N) is 7. The zero-order valence-corrected chi connectivity index (χ0v) is 24.6. The number of aromatic nitrogens is 4. The second kappa shape index (κ2) is 25.0. The van der Waals surface area contributed by atoms with Crippen molar-refractivity contribution in [3.8, 4) is 0 Å². The summed E-state index contributed by atoms with van der Waals surface area (Å²) in [5.74, 6) is -0.994. The van der Waals surface area contributed by atoms with Crippen molar-refractivity contribution in [1.82, 2.24) is 19.9 Å². The van der Waals surface area contributed by atoms with Gasteiger partial charge in [0.25, 0.3) is 28.2 Å². The van der Waals surface area contributed by atoms with E-state index in [-0.39, 0.29) is 93.7 Å². The Morgan fingerprint density at radius 1 is 0.976 bits per heavy atom. The first kappa shape index (κ1) is 51.0. The number of imidazole rings is 2. The Bertz CT molecular complexity index is 1470. The fourth-order valence-electron chi connectivity index (χ4n) is 1.17. The number of nitrogens with two attached hydrogens (primary N) is 1. The summed E-state index contributed by atoms with van der Waals surface area (Å²) in [4.78, 5) is 34.2. The van der Waals surface area contributed by atoms with E-state index in [2.05, 4.69) is 59.6 Å². The van der Waals surface area contributed by atoms with Gasteiger partial charge in [-0.2, -0.15) is 16.8 Å². The molecule has 0 fully saturated rings. The molecule has 0 atom stereocenters. The first-order valence-corrected chi connectivity index (χ1v) is 13.7. The molecule has 0 aromatic carbocycles. The zero-order valence-electron chi connectivity index (χ0n) is 22.4. The van der Waals surface area contributed by atoms with Crippen LogP contribution in [0.15, 0.2) is 0 Å². The van der Waals surface area contributed by atoms with E-state index in [1.165, 1.54) is 0 Å². The van der Waals surface area contributed by atoms with E-state index in [1.807, 2.05) is 0 Å². The molecule has 0 aliphatic rings. The Labute approximate surface area is 275 Å². The number of hydrogen-bond acceptors (Lipinski definition) is 12. The van der Waals surface area contributed by atoms with Gasteiger partial charge in [0.1, 0.15) is 5.82 Å². The van der Waals surface area contributed by atoms with E-state index in [0.29, 0.717) is 6.26 Å². The monoisotopic (exact) mass is 640 g/mol. The third kappa shape index (κ3) is 37.2. The van der Waals surface area contributed by atoms with Gasteiger partial charge in [-0.15, -0.1) is 0 Å². The number of H-pyrrole nitrogens is 2. The van der Waals surface area contributed by atoms with Gasteiger partial charge in [-0.1, -0.05) is 35.2 Å². The third-order valence-electron chi connectivity index (χ3n) is 2.01. The molecule has 0 spiro atoms. The molecule has 2 heterocycles. The van der Waals surface area contributed by atoms with E-state index >= 15 is 0 Å². The number of anilines is 1. The molecule has 2 aromatic heterocycles. The first-order valence-electron chi connectivity index (χ1n) is 7.82. The van der Waals surface area contributed by atoms with E-state index < -0.39 is 35.5 Å². The van der Waals surface area contributed by atoms with E-state index in [4.69, 9.17) is 46.6 Å². The number of carbonyl (C=O) groups excluding carboxylic acids is 1. The van der Waals surface area contributed by atoms with Gasteiger partial charge in [0.05, 0.1) is 12.5 Å². The van der Waals surface area contributed by atoms with E-state index in [9.17, 15) is 29.1 Å². The van der Waals surface area contributed by atoms with E-state index in [0.717, 1.165) is 6.26 Å². The van der Waals surface area contributed by atoms with Crippen molar-refractivity contribution in [2.45, 2.75) is 0 Å². The summed E-state index contributed by atoms with van der Waals surface area (Å²) in [5, 5.41) is 8.43. The Kier molecular flexibility index (Phi) is 31.1. The quantitative estimate of drug-likeness (QED) is 0.0462. The van der Waals surface area contributed by atoms with Crippen LogP contribution in [0.2, 0.25) is 0 Å². The van der Waals surface area contributed by atoms with Crippen molar-refractivity contribution in [1.29, 1.82) is 0 Å². The van der Waals surface area contributed by atoms with Crippen LogP contribution in [0.5, 0.6) is 0 Å². The third-order valence-corrected chi connectivity index (χ3v) is 2.40. The summed E-state index contributed by atoms with van der Waals surface area (Å²) in [6, 6.07) is 0. The van der Waals surface area contributed by atoms with Crippen LogP contribution in [0.25, 0.3) is 24.1 Å². The van der Waals surface area contributed by atoms with Crippen LogP contribution in [0.3, 0.4) is 0 Å². The number of carbonyl (C=O) groups is 1. The van der Waals surface area contributed by atoms with Gasteiger partial charge >= 0.3 is 72.9 Å². The molecule has 210 valence electrons. The van der Waals surface area contributed by atoms with Gasteiger partial charge in [-0.3, -0.25) is 14.3 Å². The Balaban J connectivity index is -0.0000000775. The number of nitrogen functional groups attached to an aromatic ring is 1. The van der Waals surface area contributed by atoms with Crippen LogP contribution in [0.1, 0.15) is 1.43 Å². The summed E-state index contributed by atoms with van der Waals surface area (Å²) in [6.45, 7) is 26.0. The van der Waals surface area contributed by atoms with Gasteiger partial charge in [0, 0.05) is 10.7 Å². The average Bonchev–Trinajstić information content (AvgIpc) is 3.32.